The molecular formula is C13H13ClN2O2S. The van der Waals surface area contributed by atoms with Crippen molar-refractivity contribution in [2.24, 2.45) is 7.05 Å². The molecule has 6 heteroatoms. The van der Waals surface area contributed by atoms with Crippen LogP contribution < -0.4 is 4.74 Å². The highest BCUT2D eigenvalue weighted by Crippen LogP contribution is 2.39. The van der Waals surface area contributed by atoms with Crippen LogP contribution in [-0.2, 0) is 7.05 Å². The van der Waals surface area contributed by atoms with E-state index in [2.05, 4.69) is 5.10 Å². The van der Waals surface area contributed by atoms with Crippen molar-refractivity contribution in [1.82, 2.24) is 9.78 Å². The van der Waals surface area contributed by atoms with Gasteiger partial charge in [0.25, 0.3) is 0 Å². The number of para-hydroxylation sites is 1. The quantitative estimate of drug-likeness (QED) is 0.925. The number of aromatic nitrogens is 2. The van der Waals surface area contributed by atoms with Crippen LogP contribution in [0.2, 0.25) is 5.02 Å². The fourth-order valence-electron chi connectivity index (χ4n) is 2.12. The number of aliphatic hydroxyl groups is 1. The molecule has 0 radical (unpaired) electrons. The fraction of sp³-hybridized carbons (Fsp3) is 0.308. The van der Waals surface area contributed by atoms with E-state index in [1.807, 2.05) is 24.3 Å². The van der Waals surface area contributed by atoms with Crippen LogP contribution >= 0.6 is 23.4 Å². The molecule has 1 aliphatic rings. The van der Waals surface area contributed by atoms with Crippen LogP contribution in [0, 0.1) is 0 Å². The van der Waals surface area contributed by atoms with Crippen molar-refractivity contribution in [3.8, 4) is 5.75 Å². The summed E-state index contributed by atoms with van der Waals surface area (Å²) in [6, 6.07) is 7.82. The second-order valence-corrected chi connectivity index (χ2v) is 5.83. The van der Waals surface area contributed by atoms with Gasteiger partial charge in [0.15, 0.2) is 0 Å². The van der Waals surface area contributed by atoms with Crippen LogP contribution in [0.5, 0.6) is 5.75 Å². The molecule has 1 aromatic heterocycles. The molecule has 0 saturated carbocycles. The predicted octanol–water partition coefficient (Wildman–Crippen LogP) is 2.66. The van der Waals surface area contributed by atoms with Crippen LogP contribution in [0.15, 0.2) is 35.4 Å². The summed E-state index contributed by atoms with van der Waals surface area (Å²) in [6.07, 6.45) is 0.415. The van der Waals surface area contributed by atoms with E-state index in [4.69, 9.17) is 16.3 Å². The number of benzene rings is 1. The van der Waals surface area contributed by atoms with E-state index >= 15 is 0 Å². The molecule has 1 N–H and O–H groups in total. The maximum absolute atomic E-state index is 10.4. The van der Waals surface area contributed by atoms with Gasteiger partial charge in [0.2, 0.25) is 0 Å². The molecule has 0 spiro atoms. The molecule has 2 unspecified atom stereocenters. The molecule has 100 valence electrons. The number of rotatable bonds is 2. The van der Waals surface area contributed by atoms with Crippen molar-refractivity contribution in [3.63, 3.8) is 0 Å². The molecule has 0 bridgehead atoms. The van der Waals surface area contributed by atoms with E-state index in [1.165, 1.54) is 6.20 Å². The minimum Gasteiger partial charge on any atom is -0.485 e. The third kappa shape index (κ3) is 2.33. The van der Waals surface area contributed by atoms with Crippen molar-refractivity contribution in [1.29, 1.82) is 0 Å². The zero-order valence-electron chi connectivity index (χ0n) is 10.3. The molecule has 1 aromatic carbocycles. The molecule has 2 atom stereocenters. The van der Waals surface area contributed by atoms with Crippen LogP contribution in [-0.4, -0.2) is 26.7 Å². The van der Waals surface area contributed by atoms with Crippen LogP contribution in [0.4, 0.5) is 0 Å². The highest BCUT2D eigenvalue weighted by Gasteiger charge is 2.31. The number of thioether (sulfide) groups is 1. The molecule has 2 heterocycles. The van der Waals surface area contributed by atoms with E-state index in [0.29, 0.717) is 16.5 Å². The molecule has 19 heavy (non-hydrogen) atoms. The normalized spacial score (nSPS) is 19.6. The van der Waals surface area contributed by atoms with Gasteiger partial charge in [-0.15, -0.1) is 11.8 Å². The molecular weight excluding hydrogens is 284 g/mol. The Balaban J connectivity index is 1.85. The Morgan fingerprint density at radius 1 is 1.53 bits per heavy atom. The highest BCUT2D eigenvalue weighted by atomic mass is 35.5. The van der Waals surface area contributed by atoms with Gasteiger partial charge in [0.1, 0.15) is 18.0 Å². The highest BCUT2D eigenvalue weighted by molar-refractivity contribution is 7.99. The smallest absolute Gasteiger partial charge is 0.140 e. The number of ether oxygens (including phenoxy) is 1. The lowest BCUT2D eigenvalue weighted by atomic mass is 10.1. The molecule has 1 aliphatic heterocycles. The van der Waals surface area contributed by atoms with Gasteiger partial charge in [-0.3, -0.25) is 4.68 Å². The summed E-state index contributed by atoms with van der Waals surface area (Å²) in [5.41, 5.74) is 0.589. The van der Waals surface area contributed by atoms with Gasteiger partial charge in [-0.2, -0.15) is 5.10 Å². The molecule has 2 aromatic rings. The Bertz CT molecular complexity index is 583. The van der Waals surface area contributed by atoms with Gasteiger partial charge in [-0.1, -0.05) is 23.7 Å². The van der Waals surface area contributed by atoms with E-state index in [0.717, 1.165) is 10.6 Å². The summed E-state index contributed by atoms with van der Waals surface area (Å²) in [5, 5.41) is 14.9. The second kappa shape index (κ2) is 5.07. The predicted molar refractivity (Wildman–Crippen MR) is 74.8 cm³/mol. The number of hydrogen-bond acceptors (Lipinski definition) is 4. The fourth-order valence-corrected chi connectivity index (χ4v) is 3.43. The minimum atomic E-state index is -0.791. The SMILES string of the molecule is Cn1ncc(Cl)c1C(O)C1CSc2ccccc2O1. The number of nitrogens with zero attached hydrogens (tertiary/aromatic N) is 2. The first-order chi connectivity index (χ1) is 9.16. The molecule has 0 fully saturated rings. The van der Waals surface area contributed by atoms with Gasteiger partial charge in [0, 0.05) is 17.7 Å². The van der Waals surface area contributed by atoms with Crippen LogP contribution in [0.1, 0.15) is 11.8 Å². The summed E-state index contributed by atoms with van der Waals surface area (Å²) in [4.78, 5) is 1.10. The average Bonchev–Trinajstić information content (AvgIpc) is 2.77. The Kier molecular flexibility index (Phi) is 3.43. The molecule has 3 rings (SSSR count). The lowest BCUT2D eigenvalue weighted by Crippen LogP contribution is -2.31. The first-order valence-corrected chi connectivity index (χ1v) is 7.27. The van der Waals surface area contributed by atoms with Crippen LogP contribution in [0.25, 0.3) is 0 Å². The van der Waals surface area contributed by atoms with E-state index < -0.39 is 6.10 Å². The number of hydrogen-bond donors (Lipinski definition) is 1. The van der Waals surface area contributed by atoms with E-state index in [9.17, 15) is 5.11 Å². The van der Waals surface area contributed by atoms with E-state index in [1.54, 1.807) is 23.5 Å². The second-order valence-electron chi connectivity index (χ2n) is 4.36. The maximum atomic E-state index is 10.4. The summed E-state index contributed by atoms with van der Waals surface area (Å²) in [7, 11) is 1.76. The van der Waals surface area contributed by atoms with Gasteiger partial charge >= 0.3 is 0 Å². The number of halogens is 1. The third-order valence-electron chi connectivity index (χ3n) is 3.10. The Labute approximate surface area is 120 Å². The molecule has 0 aliphatic carbocycles. The van der Waals surface area contributed by atoms with E-state index in [-0.39, 0.29) is 6.10 Å². The van der Waals surface area contributed by atoms with Crippen molar-refractivity contribution in [3.05, 3.63) is 41.2 Å². The van der Waals surface area contributed by atoms with Gasteiger partial charge in [0.05, 0.1) is 16.9 Å². The number of fused-ring (bicyclic) bond motifs is 1. The first-order valence-electron chi connectivity index (χ1n) is 5.91. The minimum absolute atomic E-state index is 0.326. The summed E-state index contributed by atoms with van der Waals surface area (Å²) >= 11 is 7.73. The maximum Gasteiger partial charge on any atom is 0.140 e. The molecule has 0 saturated heterocycles. The molecule has 0 amide bonds. The van der Waals surface area contributed by atoms with Crippen LogP contribution in [0.3, 0.4) is 0 Å². The topological polar surface area (TPSA) is 47.3 Å². The lowest BCUT2D eigenvalue weighted by molar-refractivity contribution is 0.0404. The first kappa shape index (κ1) is 12.8. The van der Waals surface area contributed by atoms with Crippen molar-refractivity contribution in [2.75, 3.05) is 5.75 Å². The van der Waals surface area contributed by atoms with Gasteiger partial charge in [-0.05, 0) is 12.1 Å². The summed E-state index contributed by atoms with van der Waals surface area (Å²) in [5.74, 6) is 1.49. The Hall–Kier alpha value is -1.17. The Morgan fingerprint density at radius 2 is 2.32 bits per heavy atom. The summed E-state index contributed by atoms with van der Waals surface area (Å²) in [6.45, 7) is 0. The average molecular weight is 297 g/mol. The number of aliphatic hydroxyl groups excluding tert-OH is 1. The monoisotopic (exact) mass is 296 g/mol. The van der Waals surface area contributed by atoms with Crippen molar-refractivity contribution in [2.45, 2.75) is 17.1 Å². The third-order valence-corrected chi connectivity index (χ3v) is 4.54. The number of aryl methyl sites for hydroxylation is 1. The Morgan fingerprint density at radius 3 is 3.05 bits per heavy atom. The van der Waals surface area contributed by atoms with Gasteiger partial charge < -0.3 is 9.84 Å². The zero-order valence-corrected chi connectivity index (χ0v) is 11.9. The summed E-state index contributed by atoms with van der Waals surface area (Å²) < 4.78 is 7.44. The van der Waals surface area contributed by atoms with Crippen molar-refractivity contribution >= 4 is 23.4 Å². The zero-order chi connectivity index (χ0) is 13.4. The lowest BCUT2D eigenvalue weighted by Gasteiger charge is -2.29. The van der Waals surface area contributed by atoms with Gasteiger partial charge in [-0.25, -0.2) is 0 Å². The van der Waals surface area contributed by atoms with Crippen molar-refractivity contribution < 1.29 is 9.84 Å². The standard InChI is InChI=1S/C13H13ClN2O2S/c1-16-12(8(14)6-15-16)13(17)10-7-19-11-5-3-2-4-9(11)18-10/h2-6,10,13,17H,7H2,1H3. The molecule has 4 nitrogen and oxygen atoms in total. The largest absolute Gasteiger partial charge is 0.485 e.